The van der Waals surface area contributed by atoms with E-state index < -0.39 is 4.92 Å². The third kappa shape index (κ3) is 2.54. The number of carbonyl (C=O) groups is 1. The van der Waals surface area contributed by atoms with Crippen LogP contribution < -0.4 is 0 Å². The van der Waals surface area contributed by atoms with Crippen molar-refractivity contribution in [3.8, 4) is 5.69 Å². The zero-order chi connectivity index (χ0) is 14.7. The number of methoxy groups -OCH3 is 1. The lowest BCUT2D eigenvalue weighted by Gasteiger charge is -2.02. The van der Waals surface area contributed by atoms with Crippen LogP contribution in [-0.2, 0) is 11.3 Å². The largest absolute Gasteiger partial charge is 0.378 e. The van der Waals surface area contributed by atoms with Gasteiger partial charge in [-0.15, -0.1) is 0 Å². The second kappa shape index (κ2) is 5.81. The molecule has 104 valence electrons. The number of benzene rings is 1. The van der Waals surface area contributed by atoms with Crippen LogP contribution in [0, 0.1) is 10.1 Å². The lowest BCUT2D eigenvalue weighted by atomic mass is 10.2. The molecule has 0 aliphatic carbocycles. The molecule has 0 fully saturated rings. The van der Waals surface area contributed by atoms with Gasteiger partial charge in [0.2, 0.25) is 0 Å². The van der Waals surface area contributed by atoms with Crippen LogP contribution in [0.5, 0.6) is 0 Å². The van der Waals surface area contributed by atoms with Gasteiger partial charge in [0.1, 0.15) is 10.8 Å². The van der Waals surface area contributed by atoms with Crippen LogP contribution in [0.4, 0.5) is 5.69 Å². The van der Waals surface area contributed by atoms with E-state index in [9.17, 15) is 14.9 Å². The van der Waals surface area contributed by atoms with Crippen LogP contribution in [-0.4, -0.2) is 28.1 Å². The topological polar surface area (TPSA) is 87.3 Å². The standard InChI is InChI=1S/C12H10ClN3O4/c1-20-7-11-10(6-17)12(13)15(14-11)8-2-4-9(5-3-8)16(18)19/h2-6H,7H2,1H3. The van der Waals surface area contributed by atoms with E-state index in [1.807, 2.05) is 0 Å². The van der Waals surface area contributed by atoms with Crippen molar-refractivity contribution in [2.45, 2.75) is 6.61 Å². The minimum Gasteiger partial charge on any atom is -0.378 e. The Kier molecular flexibility index (Phi) is 4.11. The van der Waals surface area contributed by atoms with E-state index in [1.165, 1.54) is 36.1 Å². The lowest BCUT2D eigenvalue weighted by Crippen LogP contribution is -1.98. The van der Waals surface area contributed by atoms with E-state index in [0.717, 1.165) is 0 Å². The van der Waals surface area contributed by atoms with E-state index in [-0.39, 0.29) is 23.0 Å². The highest BCUT2D eigenvalue weighted by Gasteiger charge is 2.17. The maximum atomic E-state index is 11.0. The van der Waals surface area contributed by atoms with Gasteiger partial charge in [0.15, 0.2) is 6.29 Å². The summed E-state index contributed by atoms with van der Waals surface area (Å²) in [6.07, 6.45) is 0.603. The number of aldehydes is 1. The molecule has 0 saturated carbocycles. The zero-order valence-electron chi connectivity index (χ0n) is 10.4. The summed E-state index contributed by atoms with van der Waals surface area (Å²) < 4.78 is 6.28. The third-order valence-electron chi connectivity index (χ3n) is 2.64. The number of hydrogen-bond donors (Lipinski definition) is 0. The van der Waals surface area contributed by atoms with Crippen molar-refractivity contribution >= 4 is 23.6 Å². The van der Waals surface area contributed by atoms with Crippen LogP contribution in [0.2, 0.25) is 5.15 Å². The smallest absolute Gasteiger partial charge is 0.269 e. The monoisotopic (exact) mass is 295 g/mol. The van der Waals surface area contributed by atoms with Gasteiger partial charge in [0.25, 0.3) is 5.69 Å². The van der Waals surface area contributed by atoms with Crippen molar-refractivity contribution in [3.63, 3.8) is 0 Å². The Hall–Kier alpha value is -2.25. The number of nitrogens with zero attached hydrogens (tertiary/aromatic N) is 3. The first kappa shape index (κ1) is 14.2. The molecule has 0 spiro atoms. The van der Waals surface area contributed by atoms with E-state index in [4.69, 9.17) is 16.3 Å². The zero-order valence-corrected chi connectivity index (χ0v) is 11.2. The van der Waals surface area contributed by atoms with Gasteiger partial charge in [-0.25, -0.2) is 4.68 Å². The molecule has 0 atom stereocenters. The van der Waals surface area contributed by atoms with Gasteiger partial charge in [0, 0.05) is 19.2 Å². The molecule has 0 amide bonds. The highest BCUT2D eigenvalue weighted by atomic mass is 35.5. The van der Waals surface area contributed by atoms with Crippen LogP contribution in [0.15, 0.2) is 24.3 Å². The van der Waals surface area contributed by atoms with Crippen molar-refractivity contribution in [2.24, 2.45) is 0 Å². The Balaban J connectivity index is 2.46. The van der Waals surface area contributed by atoms with E-state index >= 15 is 0 Å². The fourth-order valence-electron chi connectivity index (χ4n) is 1.70. The summed E-state index contributed by atoms with van der Waals surface area (Å²) in [5.74, 6) is 0. The number of non-ortho nitro benzene ring substituents is 1. The number of hydrogen-bond acceptors (Lipinski definition) is 5. The summed E-state index contributed by atoms with van der Waals surface area (Å²) in [7, 11) is 1.48. The van der Waals surface area contributed by atoms with Crippen LogP contribution in [0.1, 0.15) is 16.1 Å². The molecule has 1 aromatic heterocycles. The van der Waals surface area contributed by atoms with Crippen molar-refractivity contribution in [2.75, 3.05) is 7.11 Å². The molecule has 1 heterocycles. The van der Waals surface area contributed by atoms with Crippen molar-refractivity contribution in [1.82, 2.24) is 9.78 Å². The second-order valence-corrected chi connectivity index (χ2v) is 4.25. The second-order valence-electron chi connectivity index (χ2n) is 3.89. The predicted molar refractivity (Wildman–Crippen MR) is 71.3 cm³/mol. The summed E-state index contributed by atoms with van der Waals surface area (Å²) in [6, 6.07) is 5.68. The Labute approximate surface area is 118 Å². The predicted octanol–water partition coefficient (Wildman–Crippen LogP) is 2.39. The van der Waals surface area contributed by atoms with Gasteiger partial charge in [-0.05, 0) is 12.1 Å². The quantitative estimate of drug-likeness (QED) is 0.480. The maximum Gasteiger partial charge on any atom is 0.269 e. The molecule has 2 aromatic rings. The molecule has 7 nitrogen and oxygen atoms in total. The minimum atomic E-state index is -0.498. The lowest BCUT2D eigenvalue weighted by molar-refractivity contribution is -0.384. The van der Waals surface area contributed by atoms with Gasteiger partial charge >= 0.3 is 0 Å². The number of carbonyl (C=O) groups excluding carboxylic acids is 1. The van der Waals surface area contributed by atoms with Gasteiger partial charge in [-0.3, -0.25) is 14.9 Å². The first-order chi connectivity index (χ1) is 9.58. The molecule has 20 heavy (non-hydrogen) atoms. The number of halogens is 1. The summed E-state index contributed by atoms with van der Waals surface area (Å²) in [5.41, 5.74) is 1.13. The molecule has 0 aliphatic rings. The van der Waals surface area contributed by atoms with Crippen molar-refractivity contribution < 1.29 is 14.5 Å². The average Bonchev–Trinajstić information content (AvgIpc) is 2.75. The first-order valence-corrected chi connectivity index (χ1v) is 5.92. The van der Waals surface area contributed by atoms with Gasteiger partial charge in [-0.2, -0.15) is 5.10 Å². The van der Waals surface area contributed by atoms with Crippen LogP contribution >= 0.6 is 11.6 Å². The number of rotatable bonds is 5. The summed E-state index contributed by atoms with van der Waals surface area (Å²) >= 11 is 6.08. The molecule has 0 unspecified atom stereocenters. The van der Waals surface area contributed by atoms with Gasteiger partial charge < -0.3 is 4.74 Å². The third-order valence-corrected chi connectivity index (χ3v) is 3.01. The van der Waals surface area contributed by atoms with Gasteiger partial charge in [-0.1, -0.05) is 11.6 Å². The average molecular weight is 296 g/mol. The first-order valence-electron chi connectivity index (χ1n) is 5.54. The Morgan fingerprint density at radius 3 is 2.60 bits per heavy atom. The number of nitro benzene ring substituents is 1. The number of nitro groups is 1. The Morgan fingerprint density at radius 1 is 1.45 bits per heavy atom. The minimum absolute atomic E-state index is 0.0373. The molecule has 0 bridgehead atoms. The van der Waals surface area contributed by atoms with E-state index in [0.29, 0.717) is 17.7 Å². The molecular weight excluding hydrogens is 286 g/mol. The molecular formula is C12H10ClN3O4. The van der Waals surface area contributed by atoms with E-state index in [2.05, 4.69) is 5.10 Å². The Morgan fingerprint density at radius 2 is 2.10 bits per heavy atom. The normalized spacial score (nSPS) is 10.5. The molecule has 0 N–H and O–H groups in total. The summed E-state index contributed by atoms with van der Waals surface area (Å²) in [4.78, 5) is 21.1. The Bertz CT molecular complexity index is 651. The van der Waals surface area contributed by atoms with Crippen molar-refractivity contribution in [3.05, 3.63) is 50.8 Å². The molecule has 0 aliphatic heterocycles. The maximum absolute atomic E-state index is 11.0. The number of ether oxygens (including phenoxy) is 1. The van der Waals surface area contributed by atoms with Crippen molar-refractivity contribution in [1.29, 1.82) is 0 Å². The summed E-state index contributed by atoms with van der Waals surface area (Å²) in [5, 5.41) is 14.9. The molecule has 0 radical (unpaired) electrons. The van der Waals surface area contributed by atoms with Crippen LogP contribution in [0.25, 0.3) is 5.69 Å². The SMILES string of the molecule is COCc1nn(-c2ccc([N+](=O)[O-])cc2)c(Cl)c1C=O. The molecule has 0 saturated heterocycles. The highest BCUT2D eigenvalue weighted by Crippen LogP contribution is 2.24. The fraction of sp³-hybridized carbons (Fsp3) is 0.167. The highest BCUT2D eigenvalue weighted by molar-refractivity contribution is 6.32. The molecule has 2 rings (SSSR count). The van der Waals surface area contributed by atoms with Crippen LogP contribution in [0.3, 0.4) is 0 Å². The number of aromatic nitrogens is 2. The van der Waals surface area contributed by atoms with E-state index in [1.54, 1.807) is 0 Å². The van der Waals surface area contributed by atoms with Gasteiger partial charge in [0.05, 0.1) is 22.8 Å². The molecule has 8 heteroatoms. The summed E-state index contributed by atoms with van der Waals surface area (Å²) in [6.45, 7) is 0.147. The molecule has 1 aromatic carbocycles. The fourth-order valence-corrected chi connectivity index (χ4v) is 1.99.